The van der Waals surface area contributed by atoms with Crippen LogP contribution in [0.4, 0.5) is 18.9 Å². The maximum atomic E-state index is 14.5. The molecule has 0 unspecified atom stereocenters. The van der Waals surface area contributed by atoms with Crippen LogP contribution in [0.3, 0.4) is 0 Å². The molecule has 176 valence electrons. The van der Waals surface area contributed by atoms with Gasteiger partial charge in [-0.05, 0) is 24.5 Å². The average Bonchev–Trinajstić information content (AvgIpc) is 2.76. The number of nitrogens with zero attached hydrogens (tertiary/aromatic N) is 2. The van der Waals surface area contributed by atoms with Crippen molar-refractivity contribution in [3.05, 3.63) is 73.3 Å². The number of halogens is 3. The molecule has 0 N–H and O–H groups in total. The van der Waals surface area contributed by atoms with Crippen molar-refractivity contribution >= 4 is 41.8 Å². The predicted octanol–water partition coefficient (Wildman–Crippen LogP) is 1.81. The number of fused-ring (bicyclic) bond motifs is 1. The highest BCUT2D eigenvalue weighted by molar-refractivity contribution is 6.38. The van der Waals surface area contributed by atoms with Gasteiger partial charge in [0, 0.05) is 30.1 Å². The molecule has 0 aliphatic heterocycles. The molecule has 0 radical (unpaired) electrons. The molecule has 0 spiro atoms. The Morgan fingerprint density at radius 2 is 1.82 bits per heavy atom. The third-order valence-electron chi connectivity index (χ3n) is 4.94. The van der Waals surface area contributed by atoms with E-state index < -0.39 is 63.0 Å². The number of ether oxygens (including phenoxy) is 2. The molecule has 1 aromatic heterocycles. The predicted molar refractivity (Wildman–Crippen MR) is 116 cm³/mol. The Balaban J connectivity index is 2.52. The molecule has 0 aliphatic carbocycles. The Kier molecular flexibility index (Phi) is 6.75. The van der Waals surface area contributed by atoms with Crippen molar-refractivity contribution in [2.24, 2.45) is 0 Å². The van der Waals surface area contributed by atoms with Crippen molar-refractivity contribution in [1.29, 1.82) is 0 Å². The molecule has 3 rings (SSSR count). The molecular weight excluding hydrogens is 460 g/mol. The van der Waals surface area contributed by atoms with Crippen LogP contribution in [0.25, 0.3) is 16.6 Å². The highest BCUT2D eigenvalue weighted by Gasteiger charge is 2.25. The van der Waals surface area contributed by atoms with Gasteiger partial charge in [0.2, 0.25) is 11.2 Å². The highest BCUT2D eigenvalue weighted by Crippen LogP contribution is 2.28. The first kappa shape index (κ1) is 24.5. The lowest BCUT2D eigenvalue weighted by Crippen LogP contribution is -2.26. The van der Waals surface area contributed by atoms with E-state index in [1.165, 1.54) is 6.92 Å². The zero-order valence-electron chi connectivity index (χ0n) is 18.1. The monoisotopic (exact) mass is 476 g/mol. The summed E-state index contributed by atoms with van der Waals surface area (Å²) in [7, 11) is 1.16. The van der Waals surface area contributed by atoms with Crippen molar-refractivity contribution < 1.29 is 37.2 Å². The standard InChI is InChI=1S/C21H16BF3N2O7/c1-3-33-21(30)12-7-26(19-11(20(12)29)5-14(24)18(25)17(19)22)15-6-16(27(31)32)13(23)4-10(15)8-34-9(2)28/h4-7H,3,8,22H2,1-2H3. The minimum Gasteiger partial charge on any atom is -0.462 e. The summed E-state index contributed by atoms with van der Waals surface area (Å²) in [6.07, 6.45) is 0.932. The number of carbonyl (C=O) groups is 2. The summed E-state index contributed by atoms with van der Waals surface area (Å²) in [6, 6.07) is 2.09. The molecule has 2 aromatic carbocycles. The molecule has 34 heavy (non-hydrogen) atoms. The Labute approximate surface area is 190 Å². The zero-order chi connectivity index (χ0) is 25.3. The minimum absolute atomic E-state index is 0.104. The topological polar surface area (TPSA) is 118 Å². The fraction of sp³-hybridized carbons (Fsp3) is 0.190. The second-order valence-electron chi connectivity index (χ2n) is 7.13. The summed E-state index contributed by atoms with van der Waals surface area (Å²) in [5.41, 5.74) is -3.43. The maximum Gasteiger partial charge on any atom is 0.343 e. The summed E-state index contributed by atoms with van der Waals surface area (Å²) in [5, 5.41) is 10.9. The van der Waals surface area contributed by atoms with E-state index in [4.69, 9.17) is 9.47 Å². The van der Waals surface area contributed by atoms with Crippen LogP contribution in [0.15, 0.2) is 29.2 Å². The molecule has 0 saturated heterocycles. The molecule has 3 aromatic rings. The Hall–Kier alpha value is -4.16. The number of aromatic nitrogens is 1. The zero-order valence-corrected chi connectivity index (χ0v) is 18.1. The number of carbonyl (C=O) groups excluding carboxylic acids is 2. The number of pyridine rings is 1. The van der Waals surface area contributed by atoms with Gasteiger partial charge in [0.1, 0.15) is 20.0 Å². The van der Waals surface area contributed by atoms with Crippen LogP contribution in [0.5, 0.6) is 0 Å². The van der Waals surface area contributed by atoms with E-state index in [0.29, 0.717) is 6.07 Å². The molecule has 0 amide bonds. The molecular formula is C21H16BF3N2O7. The molecule has 0 fully saturated rings. The lowest BCUT2D eigenvalue weighted by molar-refractivity contribution is -0.387. The molecule has 0 bridgehead atoms. The lowest BCUT2D eigenvalue weighted by atomic mass is 9.91. The van der Waals surface area contributed by atoms with Gasteiger partial charge >= 0.3 is 17.6 Å². The van der Waals surface area contributed by atoms with Crippen LogP contribution >= 0.6 is 0 Å². The van der Waals surface area contributed by atoms with E-state index in [1.54, 1.807) is 0 Å². The number of hydrogen-bond acceptors (Lipinski definition) is 7. The third-order valence-corrected chi connectivity index (χ3v) is 4.94. The molecule has 9 nitrogen and oxygen atoms in total. The largest absolute Gasteiger partial charge is 0.462 e. The quantitative estimate of drug-likeness (QED) is 0.231. The molecule has 0 atom stereocenters. The Morgan fingerprint density at radius 3 is 2.41 bits per heavy atom. The van der Waals surface area contributed by atoms with Gasteiger partial charge in [-0.15, -0.1) is 0 Å². The second kappa shape index (κ2) is 9.37. The smallest absolute Gasteiger partial charge is 0.343 e. The summed E-state index contributed by atoms with van der Waals surface area (Å²) >= 11 is 0. The van der Waals surface area contributed by atoms with Crippen LogP contribution in [0.1, 0.15) is 29.8 Å². The van der Waals surface area contributed by atoms with Crippen LogP contribution < -0.4 is 10.9 Å². The first-order chi connectivity index (χ1) is 16.0. The van der Waals surface area contributed by atoms with Crippen LogP contribution in [0.2, 0.25) is 0 Å². The van der Waals surface area contributed by atoms with Gasteiger partial charge in [0.15, 0.2) is 11.6 Å². The summed E-state index contributed by atoms with van der Waals surface area (Å²) in [4.78, 5) is 47.0. The summed E-state index contributed by atoms with van der Waals surface area (Å²) in [6.45, 7) is 1.91. The number of hydrogen-bond donors (Lipinski definition) is 0. The fourth-order valence-electron chi connectivity index (χ4n) is 3.42. The van der Waals surface area contributed by atoms with Gasteiger partial charge in [0.05, 0.1) is 22.7 Å². The molecule has 0 aliphatic rings. The van der Waals surface area contributed by atoms with E-state index in [-0.39, 0.29) is 28.8 Å². The Morgan fingerprint density at radius 1 is 1.15 bits per heavy atom. The first-order valence-corrected chi connectivity index (χ1v) is 9.79. The summed E-state index contributed by atoms with van der Waals surface area (Å²) < 4.78 is 53.8. The molecule has 1 heterocycles. The number of benzene rings is 2. The van der Waals surface area contributed by atoms with Crippen molar-refractivity contribution in [3.63, 3.8) is 0 Å². The Bertz CT molecular complexity index is 1420. The van der Waals surface area contributed by atoms with E-state index in [2.05, 4.69) is 0 Å². The van der Waals surface area contributed by atoms with E-state index >= 15 is 0 Å². The van der Waals surface area contributed by atoms with Crippen molar-refractivity contribution in [3.8, 4) is 5.69 Å². The number of nitro groups is 1. The fourth-order valence-corrected chi connectivity index (χ4v) is 3.42. The van der Waals surface area contributed by atoms with Crippen LogP contribution in [-0.4, -0.2) is 35.9 Å². The van der Waals surface area contributed by atoms with Gasteiger partial charge in [0.25, 0.3) is 0 Å². The molecule has 13 heteroatoms. The van der Waals surface area contributed by atoms with Gasteiger partial charge in [-0.1, -0.05) is 0 Å². The lowest BCUT2D eigenvalue weighted by Gasteiger charge is -2.19. The second-order valence-corrected chi connectivity index (χ2v) is 7.13. The summed E-state index contributed by atoms with van der Waals surface area (Å²) in [5.74, 6) is -5.74. The normalized spacial score (nSPS) is 10.9. The number of rotatable bonds is 6. The average molecular weight is 476 g/mol. The van der Waals surface area contributed by atoms with Crippen molar-refractivity contribution in [2.75, 3.05) is 6.61 Å². The van der Waals surface area contributed by atoms with E-state index in [9.17, 15) is 37.7 Å². The highest BCUT2D eigenvalue weighted by atomic mass is 19.2. The van der Waals surface area contributed by atoms with Crippen molar-refractivity contribution in [2.45, 2.75) is 20.5 Å². The first-order valence-electron chi connectivity index (χ1n) is 9.79. The van der Waals surface area contributed by atoms with Gasteiger partial charge in [-0.25, -0.2) is 13.6 Å². The SMILES string of the molecule is Bc1c(F)c(F)cc2c(=O)c(C(=O)OCC)cn(-c3cc([N+](=O)[O-])c(F)cc3COC(C)=O)c12. The van der Waals surface area contributed by atoms with Gasteiger partial charge < -0.3 is 14.0 Å². The van der Waals surface area contributed by atoms with Crippen molar-refractivity contribution in [1.82, 2.24) is 4.57 Å². The van der Waals surface area contributed by atoms with E-state index in [1.807, 2.05) is 0 Å². The molecule has 0 saturated carbocycles. The van der Waals surface area contributed by atoms with Gasteiger partial charge in [-0.2, -0.15) is 4.39 Å². The van der Waals surface area contributed by atoms with Crippen LogP contribution in [-0.2, 0) is 20.9 Å². The maximum absolute atomic E-state index is 14.5. The number of esters is 2. The van der Waals surface area contributed by atoms with Crippen LogP contribution in [0, 0.1) is 27.6 Å². The third kappa shape index (κ3) is 4.36. The number of nitro benzene ring substituents is 1. The van der Waals surface area contributed by atoms with Gasteiger partial charge in [-0.3, -0.25) is 19.7 Å². The minimum atomic E-state index is -1.36. The van der Waals surface area contributed by atoms with E-state index in [0.717, 1.165) is 37.7 Å².